The van der Waals surface area contributed by atoms with Gasteiger partial charge in [-0.3, -0.25) is 4.79 Å². The van der Waals surface area contributed by atoms with E-state index < -0.39 is 0 Å². The van der Waals surface area contributed by atoms with Crippen molar-refractivity contribution in [3.05, 3.63) is 30.1 Å². The molecule has 102 valence electrons. The Bertz CT molecular complexity index is 574. The summed E-state index contributed by atoms with van der Waals surface area (Å²) in [6, 6.07) is 8.27. The SMILES string of the molecule is CC[C@H](C)NC(=O)CCn1c(C)nc2ccccc21. The summed E-state index contributed by atoms with van der Waals surface area (Å²) in [5.41, 5.74) is 2.08. The van der Waals surface area contributed by atoms with Crippen molar-refractivity contribution in [1.82, 2.24) is 14.9 Å². The number of carbonyl (C=O) groups excluding carboxylic acids is 1. The quantitative estimate of drug-likeness (QED) is 0.897. The van der Waals surface area contributed by atoms with Crippen LogP contribution in [-0.4, -0.2) is 21.5 Å². The summed E-state index contributed by atoms with van der Waals surface area (Å²) >= 11 is 0. The van der Waals surface area contributed by atoms with Gasteiger partial charge in [0.15, 0.2) is 0 Å². The first-order valence-electron chi connectivity index (χ1n) is 6.83. The number of aryl methyl sites for hydroxylation is 2. The third kappa shape index (κ3) is 3.13. The second-order valence-electron chi connectivity index (χ2n) is 4.93. The summed E-state index contributed by atoms with van der Waals surface area (Å²) in [4.78, 5) is 16.3. The van der Waals surface area contributed by atoms with Crippen LogP contribution in [0.25, 0.3) is 11.0 Å². The number of hydrogen-bond acceptors (Lipinski definition) is 2. The Labute approximate surface area is 113 Å². The lowest BCUT2D eigenvalue weighted by Gasteiger charge is -2.12. The topological polar surface area (TPSA) is 46.9 Å². The standard InChI is InChI=1S/C15H21N3O/c1-4-11(2)16-15(19)9-10-18-12(3)17-13-7-5-6-8-14(13)18/h5-8,11H,4,9-10H2,1-3H3,(H,16,19)/t11-/m0/s1. The van der Waals surface area contributed by atoms with Gasteiger partial charge >= 0.3 is 0 Å². The molecule has 0 aliphatic rings. The van der Waals surface area contributed by atoms with Crippen molar-refractivity contribution in [2.75, 3.05) is 0 Å². The molecule has 0 fully saturated rings. The Balaban J connectivity index is 2.05. The highest BCUT2D eigenvalue weighted by Crippen LogP contribution is 2.15. The molecule has 1 atom stereocenters. The first-order valence-corrected chi connectivity index (χ1v) is 6.83. The Hall–Kier alpha value is -1.84. The molecule has 19 heavy (non-hydrogen) atoms. The summed E-state index contributed by atoms with van der Waals surface area (Å²) in [5, 5.41) is 2.99. The number of hydrogen-bond donors (Lipinski definition) is 1. The zero-order valence-electron chi connectivity index (χ0n) is 11.8. The van der Waals surface area contributed by atoms with Crippen LogP contribution in [0, 0.1) is 6.92 Å². The van der Waals surface area contributed by atoms with Gasteiger partial charge in [0.25, 0.3) is 0 Å². The molecule has 1 heterocycles. The Kier molecular flexibility index (Phi) is 4.20. The van der Waals surface area contributed by atoms with E-state index in [-0.39, 0.29) is 11.9 Å². The molecule has 0 spiro atoms. The van der Waals surface area contributed by atoms with Gasteiger partial charge in [-0.2, -0.15) is 0 Å². The molecule has 0 radical (unpaired) electrons. The first-order chi connectivity index (χ1) is 9.11. The van der Waals surface area contributed by atoms with Gasteiger partial charge in [0.2, 0.25) is 5.91 Å². The zero-order chi connectivity index (χ0) is 13.8. The molecule has 0 aliphatic carbocycles. The van der Waals surface area contributed by atoms with E-state index in [4.69, 9.17) is 0 Å². The first kappa shape index (κ1) is 13.6. The van der Waals surface area contributed by atoms with Gasteiger partial charge in [-0.05, 0) is 32.4 Å². The van der Waals surface area contributed by atoms with Crippen molar-refractivity contribution in [2.24, 2.45) is 0 Å². The van der Waals surface area contributed by atoms with Crippen LogP contribution < -0.4 is 5.32 Å². The molecule has 4 heteroatoms. The van der Waals surface area contributed by atoms with Crippen LogP contribution >= 0.6 is 0 Å². The Morgan fingerprint density at radius 3 is 2.89 bits per heavy atom. The Morgan fingerprint density at radius 1 is 1.42 bits per heavy atom. The fourth-order valence-corrected chi connectivity index (χ4v) is 2.14. The molecule has 2 rings (SSSR count). The van der Waals surface area contributed by atoms with Gasteiger partial charge < -0.3 is 9.88 Å². The number of aromatic nitrogens is 2. The van der Waals surface area contributed by atoms with Crippen molar-refractivity contribution < 1.29 is 4.79 Å². The maximum absolute atomic E-state index is 11.8. The van der Waals surface area contributed by atoms with Crippen molar-refractivity contribution in [2.45, 2.75) is 46.2 Å². The summed E-state index contributed by atoms with van der Waals surface area (Å²) in [6.45, 7) is 6.75. The van der Waals surface area contributed by atoms with E-state index >= 15 is 0 Å². The number of amides is 1. The zero-order valence-corrected chi connectivity index (χ0v) is 11.8. The second kappa shape index (κ2) is 5.87. The maximum atomic E-state index is 11.8. The number of imidazole rings is 1. The molecule has 0 bridgehead atoms. The van der Waals surface area contributed by atoms with E-state index in [1.807, 2.05) is 38.1 Å². The monoisotopic (exact) mass is 259 g/mol. The minimum atomic E-state index is 0.103. The van der Waals surface area contributed by atoms with Gasteiger partial charge in [0, 0.05) is 19.0 Å². The largest absolute Gasteiger partial charge is 0.354 e. The second-order valence-corrected chi connectivity index (χ2v) is 4.93. The number of rotatable bonds is 5. The highest BCUT2D eigenvalue weighted by atomic mass is 16.1. The van der Waals surface area contributed by atoms with Crippen LogP contribution in [-0.2, 0) is 11.3 Å². The number of nitrogens with one attached hydrogen (secondary N) is 1. The van der Waals surface area contributed by atoms with E-state index in [0.717, 1.165) is 23.3 Å². The predicted octanol–water partition coefficient (Wildman–Crippen LogP) is 2.65. The maximum Gasteiger partial charge on any atom is 0.221 e. The van der Waals surface area contributed by atoms with Crippen LogP contribution in [0.5, 0.6) is 0 Å². The highest BCUT2D eigenvalue weighted by molar-refractivity contribution is 5.78. The molecule has 0 saturated carbocycles. The number of nitrogens with zero attached hydrogens (tertiary/aromatic N) is 2. The third-order valence-corrected chi connectivity index (χ3v) is 3.43. The fourth-order valence-electron chi connectivity index (χ4n) is 2.14. The number of para-hydroxylation sites is 2. The van der Waals surface area contributed by atoms with Gasteiger partial charge in [0.05, 0.1) is 11.0 Å². The number of carbonyl (C=O) groups is 1. The third-order valence-electron chi connectivity index (χ3n) is 3.43. The van der Waals surface area contributed by atoms with Crippen molar-refractivity contribution in [1.29, 1.82) is 0 Å². The molecule has 1 aromatic heterocycles. The highest BCUT2D eigenvalue weighted by Gasteiger charge is 2.09. The molecule has 1 aromatic carbocycles. The van der Waals surface area contributed by atoms with E-state index in [9.17, 15) is 4.79 Å². The van der Waals surface area contributed by atoms with Crippen LogP contribution in [0.1, 0.15) is 32.5 Å². The molecule has 0 unspecified atom stereocenters. The fraction of sp³-hybridized carbons (Fsp3) is 0.467. The van der Waals surface area contributed by atoms with E-state index in [0.29, 0.717) is 13.0 Å². The summed E-state index contributed by atoms with van der Waals surface area (Å²) in [7, 11) is 0. The summed E-state index contributed by atoms with van der Waals surface area (Å²) in [6.07, 6.45) is 1.45. The summed E-state index contributed by atoms with van der Waals surface area (Å²) in [5.74, 6) is 1.06. The number of benzene rings is 1. The van der Waals surface area contributed by atoms with Crippen LogP contribution in [0.4, 0.5) is 0 Å². The molecule has 0 aliphatic heterocycles. The lowest BCUT2D eigenvalue weighted by atomic mass is 10.2. The van der Waals surface area contributed by atoms with Crippen molar-refractivity contribution in [3.63, 3.8) is 0 Å². The van der Waals surface area contributed by atoms with Gasteiger partial charge in [-0.15, -0.1) is 0 Å². The van der Waals surface area contributed by atoms with E-state index in [1.54, 1.807) is 0 Å². The minimum Gasteiger partial charge on any atom is -0.354 e. The van der Waals surface area contributed by atoms with Gasteiger partial charge in [-0.1, -0.05) is 19.1 Å². The van der Waals surface area contributed by atoms with Crippen LogP contribution in [0.2, 0.25) is 0 Å². The van der Waals surface area contributed by atoms with Gasteiger partial charge in [-0.25, -0.2) is 4.98 Å². The molecule has 4 nitrogen and oxygen atoms in total. The number of fused-ring (bicyclic) bond motifs is 1. The molecular formula is C15H21N3O. The Morgan fingerprint density at radius 2 is 2.16 bits per heavy atom. The lowest BCUT2D eigenvalue weighted by Crippen LogP contribution is -2.32. The smallest absolute Gasteiger partial charge is 0.221 e. The summed E-state index contributed by atoms with van der Waals surface area (Å²) < 4.78 is 2.10. The van der Waals surface area contributed by atoms with Gasteiger partial charge in [0.1, 0.15) is 5.82 Å². The van der Waals surface area contributed by atoms with Crippen LogP contribution in [0.15, 0.2) is 24.3 Å². The normalized spacial score (nSPS) is 12.6. The molecular weight excluding hydrogens is 238 g/mol. The van der Waals surface area contributed by atoms with Crippen LogP contribution in [0.3, 0.4) is 0 Å². The van der Waals surface area contributed by atoms with Crippen molar-refractivity contribution >= 4 is 16.9 Å². The van der Waals surface area contributed by atoms with Crippen molar-refractivity contribution in [3.8, 4) is 0 Å². The minimum absolute atomic E-state index is 0.103. The predicted molar refractivity (Wildman–Crippen MR) is 77.0 cm³/mol. The average molecular weight is 259 g/mol. The molecule has 1 N–H and O–H groups in total. The molecule has 0 saturated heterocycles. The lowest BCUT2D eigenvalue weighted by molar-refractivity contribution is -0.121. The average Bonchev–Trinajstić information content (AvgIpc) is 2.71. The molecule has 2 aromatic rings. The molecule has 1 amide bonds. The van der Waals surface area contributed by atoms with E-state index in [2.05, 4.69) is 21.8 Å². The van der Waals surface area contributed by atoms with E-state index in [1.165, 1.54) is 0 Å².